The van der Waals surface area contributed by atoms with E-state index in [-0.39, 0.29) is 0 Å². The topological polar surface area (TPSA) is 47.9 Å². The van der Waals surface area contributed by atoms with Crippen molar-refractivity contribution in [1.29, 1.82) is 0 Å². The van der Waals surface area contributed by atoms with Gasteiger partial charge in [-0.05, 0) is 19.1 Å². The van der Waals surface area contributed by atoms with Gasteiger partial charge in [-0.1, -0.05) is 11.6 Å². The summed E-state index contributed by atoms with van der Waals surface area (Å²) in [5.41, 5.74) is 1.74. The Morgan fingerprint density at radius 1 is 1.24 bits per heavy atom. The molecule has 0 atom stereocenters. The van der Waals surface area contributed by atoms with E-state index in [9.17, 15) is 0 Å². The van der Waals surface area contributed by atoms with Crippen LogP contribution in [0.15, 0.2) is 30.6 Å². The van der Waals surface area contributed by atoms with Gasteiger partial charge in [0, 0.05) is 30.6 Å². The van der Waals surface area contributed by atoms with Gasteiger partial charge in [-0.3, -0.25) is 4.98 Å². The smallest absolute Gasteiger partial charge is 0.156 e. The molecule has 4 nitrogen and oxygen atoms in total. The van der Waals surface area contributed by atoms with Crippen molar-refractivity contribution in [1.82, 2.24) is 15.0 Å². The Balaban J connectivity index is 2.32. The zero-order valence-corrected chi connectivity index (χ0v) is 10.2. The van der Waals surface area contributed by atoms with Crippen molar-refractivity contribution in [3.05, 3.63) is 41.6 Å². The molecule has 88 valence electrons. The van der Waals surface area contributed by atoms with E-state index < -0.39 is 0 Å². The van der Waals surface area contributed by atoms with Gasteiger partial charge in [0.05, 0.1) is 5.69 Å². The highest BCUT2D eigenvalue weighted by atomic mass is 35.5. The number of rotatable bonds is 4. The Morgan fingerprint density at radius 2 is 2.00 bits per heavy atom. The van der Waals surface area contributed by atoms with Crippen LogP contribution in [0.2, 0.25) is 5.15 Å². The van der Waals surface area contributed by atoms with E-state index in [0.29, 0.717) is 24.2 Å². The molecule has 0 radical (unpaired) electrons. The summed E-state index contributed by atoms with van der Waals surface area (Å²) in [7, 11) is 0. The summed E-state index contributed by atoms with van der Waals surface area (Å²) in [6, 6.07) is 5.48. The maximum atomic E-state index is 5.96. The van der Waals surface area contributed by atoms with Crippen LogP contribution >= 0.6 is 11.6 Å². The zero-order chi connectivity index (χ0) is 12.1. The molecule has 17 heavy (non-hydrogen) atoms. The summed E-state index contributed by atoms with van der Waals surface area (Å²) in [6.07, 6.45) is 3.43. The van der Waals surface area contributed by atoms with E-state index in [1.54, 1.807) is 18.5 Å². The van der Waals surface area contributed by atoms with Crippen molar-refractivity contribution >= 4 is 11.6 Å². The fraction of sp³-hybridized carbons (Fsp3) is 0.250. The number of hydrogen-bond donors (Lipinski definition) is 0. The van der Waals surface area contributed by atoms with Crippen molar-refractivity contribution in [3.63, 3.8) is 0 Å². The molecule has 0 unspecified atom stereocenters. The molecule has 2 heterocycles. The summed E-state index contributed by atoms with van der Waals surface area (Å²) in [4.78, 5) is 12.5. The molecule has 0 spiro atoms. The first-order chi connectivity index (χ1) is 8.29. The minimum atomic E-state index is 0.370. The largest absolute Gasteiger partial charge is 0.374 e. The lowest BCUT2D eigenvalue weighted by atomic mass is 10.2. The summed E-state index contributed by atoms with van der Waals surface area (Å²) in [6.45, 7) is 2.92. The first kappa shape index (κ1) is 12.0. The molecule has 0 fully saturated rings. The van der Waals surface area contributed by atoms with E-state index in [4.69, 9.17) is 16.3 Å². The van der Waals surface area contributed by atoms with E-state index >= 15 is 0 Å². The van der Waals surface area contributed by atoms with Gasteiger partial charge in [0.2, 0.25) is 0 Å². The van der Waals surface area contributed by atoms with Crippen LogP contribution in [0.4, 0.5) is 0 Å². The third-order valence-corrected chi connectivity index (χ3v) is 2.35. The highest BCUT2D eigenvalue weighted by Crippen LogP contribution is 2.19. The number of nitrogens with zero attached hydrogens (tertiary/aromatic N) is 3. The zero-order valence-electron chi connectivity index (χ0n) is 9.43. The van der Waals surface area contributed by atoms with Gasteiger partial charge in [-0.25, -0.2) is 9.97 Å². The molecule has 0 aliphatic carbocycles. The summed E-state index contributed by atoms with van der Waals surface area (Å²) in [5, 5.41) is 0.418. The molecule has 0 aliphatic rings. The van der Waals surface area contributed by atoms with Crippen LogP contribution in [0.3, 0.4) is 0 Å². The molecular formula is C12H12ClN3O. The quantitative estimate of drug-likeness (QED) is 0.782. The van der Waals surface area contributed by atoms with E-state index in [1.807, 2.05) is 19.1 Å². The predicted molar refractivity (Wildman–Crippen MR) is 65.6 cm³/mol. The first-order valence-electron chi connectivity index (χ1n) is 5.31. The fourth-order valence-electron chi connectivity index (χ4n) is 1.39. The monoisotopic (exact) mass is 249 g/mol. The van der Waals surface area contributed by atoms with Gasteiger partial charge in [0.15, 0.2) is 5.82 Å². The maximum absolute atomic E-state index is 5.96. The lowest BCUT2D eigenvalue weighted by molar-refractivity contribution is 0.128. The third kappa shape index (κ3) is 3.22. The molecule has 0 aromatic carbocycles. The van der Waals surface area contributed by atoms with Crippen molar-refractivity contribution in [2.75, 3.05) is 6.61 Å². The standard InChI is InChI=1S/C12H12ClN3O/c1-2-17-8-12-15-10(7-11(13)16-12)9-3-5-14-6-4-9/h3-7H,2,8H2,1H3. The van der Waals surface area contributed by atoms with Gasteiger partial charge in [-0.15, -0.1) is 0 Å². The van der Waals surface area contributed by atoms with Crippen LogP contribution in [0.25, 0.3) is 11.3 Å². The van der Waals surface area contributed by atoms with Gasteiger partial charge < -0.3 is 4.74 Å². The molecule has 0 aliphatic heterocycles. The predicted octanol–water partition coefficient (Wildman–Crippen LogP) is 2.73. The Morgan fingerprint density at radius 3 is 2.71 bits per heavy atom. The highest BCUT2D eigenvalue weighted by Gasteiger charge is 2.05. The van der Waals surface area contributed by atoms with E-state index in [0.717, 1.165) is 11.3 Å². The number of pyridine rings is 1. The molecule has 0 bridgehead atoms. The molecule has 0 saturated heterocycles. The van der Waals surface area contributed by atoms with Gasteiger partial charge in [-0.2, -0.15) is 0 Å². The Labute approximate surface area is 105 Å². The second kappa shape index (κ2) is 5.70. The second-order valence-electron chi connectivity index (χ2n) is 3.37. The van der Waals surface area contributed by atoms with Crippen LogP contribution in [-0.2, 0) is 11.3 Å². The van der Waals surface area contributed by atoms with E-state index in [1.165, 1.54) is 0 Å². The highest BCUT2D eigenvalue weighted by molar-refractivity contribution is 6.29. The fourth-order valence-corrected chi connectivity index (χ4v) is 1.59. The Bertz CT molecular complexity index is 490. The molecule has 2 aromatic rings. The average molecular weight is 250 g/mol. The molecule has 0 N–H and O–H groups in total. The number of ether oxygens (including phenoxy) is 1. The Kier molecular flexibility index (Phi) is 4.01. The summed E-state index contributed by atoms with van der Waals surface area (Å²) in [5.74, 6) is 0.589. The second-order valence-corrected chi connectivity index (χ2v) is 3.75. The number of halogens is 1. The molecule has 2 aromatic heterocycles. The minimum absolute atomic E-state index is 0.370. The number of hydrogen-bond acceptors (Lipinski definition) is 4. The van der Waals surface area contributed by atoms with Crippen LogP contribution in [0.1, 0.15) is 12.7 Å². The van der Waals surface area contributed by atoms with Crippen LogP contribution in [-0.4, -0.2) is 21.6 Å². The normalized spacial score (nSPS) is 10.5. The van der Waals surface area contributed by atoms with E-state index in [2.05, 4.69) is 15.0 Å². The summed E-state index contributed by atoms with van der Waals surface area (Å²) >= 11 is 5.96. The van der Waals surface area contributed by atoms with Crippen molar-refractivity contribution in [2.45, 2.75) is 13.5 Å². The molecular weight excluding hydrogens is 238 g/mol. The average Bonchev–Trinajstić information content (AvgIpc) is 2.37. The Hall–Kier alpha value is -1.52. The third-order valence-electron chi connectivity index (χ3n) is 2.15. The maximum Gasteiger partial charge on any atom is 0.156 e. The molecule has 0 amide bonds. The van der Waals surface area contributed by atoms with Crippen LogP contribution in [0, 0.1) is 0 Å². The first-order valence-corrected chi connectivity index (χ1v) is 5.69. The number of aromatic nitrogens is 3. The van der Waals surface area contributed by atoms with Crippen molar-refractivity contribution < 1.29 is 4.74 Å². The summed E-state index contributed by atoms with van der Waals surface area (Å²) < 4.78 is 5.27. The SMILES string of the molecule is CCOCc1nc(Cl)cc(-c2ccncc2)n1. The van der Waals surface area contributed by atoms with Gasteiger partial charge in [0.25, 0.3) is 0 Å². The minimum Gasteiger partial charge on any atom is -0.374 e. The molecule has 5 heteroatoms. The van der Waals surface area contributed by atoms with Gasteiger partial charge >= 0.3 is 0 Å². The molecule has 2 rings (SSSR count). The van der Waals surface area contributed by atoms with Crippen LogP contribution in [0.5, 0.6) is 0 Å². The molecule has 0 saturated carbocycles. The van der Waals surface area contributed by atoms with Crippen LogP contribution < -0.4 is 0 Å². The van der Waals surface area contributed by atoms with Crippen molar-refractivity contribution in [2.24, 2.45) is 0 Å². The lowest BCUT2D eigenvalue weighted by Gasteiger charge is -2.05. The van der Waals surface area contributed by atoms with Crippen molar-refractivity contribution in [3.8, 4) is 11.3 Å². The van der Waals surface area contributed by atoms with Gasteiger partial charge in [0.1, 0.15) is 11.8 Å². The lowest BCUT2D eigenvalue weighted by Crippen LogP contribution is -2.00.